The van der Waals surface area contributed by atoms with Gasteiger partial charge in [0.05, 0.1) is 16.5 Å². The van der Waals surface area contributed by atoms with Crippen molar-refractivity contribution in [2.24, 2.45) is 0 Å². The molecule has 0 unspecified atom stereocenters. The monoisotopic (exact) mass is 429 g/mol. The van der Waals surface area contributed by atoms with E-state index in [1.165, 1.54) is 11.8 Å². The minimum absolute atomic E-state index is 0.00297. The number of benzene rings is 1. The number of hydrazine groups is 1. The summed E-state index contributed by atoms with van der Waals surface area (Å²) in [5.41, 5.74) is 7.61. The smallest absolute Gasteiger partial charge is 0.272 e. The van der Waals surface area contributed by atoms with Gasteiger partial charge in [0.1, 0.15) is 0 Å². The fourth-order valence-electron chi connectivity index (χ4n) is 2.58. The molecule has 7 nitrogen and oxygen atoms in total. The van der Waals surface area contributed by atoms with Crippen LogP contribution in [0.4, 0.5) is 0 Å². The van der Waals surface area contributed by atoms with Crippen LogP contribution in [0.1, 0.15) is 27.4 Å². The molecular formula is C20H20ClN5O2S. The van der Waals surface area contributed by atoms with E-state index in [4.69, 9.17) is 11.6 Å². The average molecular weight is 430 g/mol. The van der Waals surface area contributed by atoms with Crippen LogP contribution in [0.3, 0.4) is 0 Å². The summed E-state index contributed by atoms with van der Waals surface area (Å²) in [6.45, 7) is 5.76. The summed E-state index contributed by atoms with van der Waals surface area (Å²) in [5.74, 6) is -0.316. The first-order valence-corrected chi connectivity index (χ1v) is 10.2. The number of nitrogens with one attached hydrogen (secondary N) is 2. The van der Waals surface area contributed by atoms with Crippen molar-refractivity contribution in [3.05, 3.63) is 70.1 Å². The second kappa shape index (κ2) is 9.11. The summed E-state index contributed by atoms with van der Waals surface area (Å²) in [7, 11) is 0. The van der Waals surface area contributed by atoms with Crippen LogP contribution in [0.2, 0.25) is 5.02 Å². The molecule has 150 valence electrons. The lowest BCUT2D eigenvalue weighted by Gasteiger charge is -2.10. The van der Waals surface area contributed by atoms with Crippen molar-refractivity contribution in [1.82, 2.24) is 25.6 Å². The van der Waals surface area contributed by atoms with E-state index in [1.54, 1.807) is 16.8 Å². The van der Waals surface area contributed by atoms with E-state index in [2.05, 4.69) is 20.9 Å². The highest BCUT2D eigenvalue weighted by Crippen LogP contribution is 2.19. The Bertz CT molecular complexity index is 1050. The molecular weight excluding hydrogens is 410 g/mol. The van der Waals surface area contributed by atoms with Crippen LogP contribution in [-0.2, 0) is 4.79 Å². The summed E-state index contributed by atoms with van der Waals surface area (Å²) < 4.78 is 1.62. The van der Waals surface area contributed by atoms with E-state index >= 15 is 0 Å². The Morgan fingerprint density at radius 3 is 2.45 bits per heavy atom. The van der Waals surface area contributed by atoms with E-state index in [0.717, 1.165) is 21.8 Å². The highest BCUT2D eigenvalue weighted by atomic mass is 35.5. The second-order valence-corrected chi connectivity index (χ2v) is 7.90. The Hall–Kier alpha value is -2.84. The van der Waals surface area contributed by atoms with Gasteiger partial charge in [0.2, 0.25) is 5.91 Å². The number of rotatable bonds is 5. The van der Waals surface area contributed by atoms with Crippen LogP contribution in [0.5, 0.6) is 0 Å². The van der Waals surface area contributed by atoms with Gasteiger partial charge in [0.15, 0.2) is 11.5 Å². The Kier molecular flexibility index (Phi) is 6.56. The second-order valence-electron chi connectivity index (χ2n) is 6.44. The van der Waals surface area contributed by atoms with Gasteiger partial charge in [-0.3, -0.25) is 20.4 Å². The Morgan fingerprint density at radius 1 is 1.07 bits per heavy atom. The summed E-state index contributed by atoms with van der Waals surface area (Å²) in [4.78, 5) is 29.7. The van der Waals surface area contributed by atoms with Crippen molar-refractivity contribution in [1.29, 1.82) is 0 Å². The first-order chi connectivity index (χ1) is 13.8. The third-order valence-electron chi connectivity index (χ3n) is 3.98. The summed E-state index contributed by atoms with van der Waals surface area (Å²) in [6.07, 6.45) is 0. The number of thioether (sulfide) groups is 1. The maximum atomic E-state index is 12.4. The van der Waals surface area contributed by atoms with Gasteiger partial charge >= 0.3 is 0 Å². The molecule has 9 heteroatoms. The lowest BCUT2D eigenvalue weighted by molar-refractivity contribution is -0.119. The molecule has 3 rings (SSSR count). The molecule has 29 heavy (non-hydrogen) atoms. The van der Waals surface area contributed by atoms with Crippen LogP contribution in [0, 0.1) is 20.8 Å². The van der Waals surface area contributed by atoms with Gasteiger partial charge in [-0.25, -0.2) is 9.67 Å². The Morgan fingerprint density at radius 2 is 1.79 bits per heavy atom. The van der Waals surface area contributed by atoms with E-state index in [1.807, 2.05) is 51.1 Å². The Labute approximate surface area is 177 Å². The van der Waals surface area contributed by atoms with E-state index in [-0.39, 0.29) is 22.4 Å². The van der Waals surface area contributed by atoms with Crippen LogP contribution < -0.4 is 10.9 Å². The first-order valence-electron chi connectivity index (χ1n) is 8.82. The lowest BCUT2D eigenvalue weighted by Crippen LogP contribution is -2.43. The van der Waals surface area contributed by atoms with Gasteiger partial charge < -0.3 is 0 Å². The summed E-state index contributed by atoms with van der Waals surface area (Å²) in [6, 6.07) is 13.0. The number of amides is 2. The molecule has 0 aliphatic rings. The van der Waals surface area contributed by atoms with Crippen LogP contribution in [0.25, 0.3) is 5.82 Å². The normalized spacial score (nSPS) is 10.6. The van der Waals surface area contributed by atoms with Crippen molar-refractivity contribution < 1.29 is 9.59 Å². The molecule has 0 saturated carbocycles. The van der Waals surface area contributed by atoms with E-state index < -0.39 is 5.91 Å². The van der Waals surface area contributed by atoms with Crippen molar-refractivity contribution in [2.75, 3.05) is 5.75 Å². The topological polar surface area (TPSA) is 88.9 Å². The average Bonchev–Trinajstić information content (AvgIpc) is 3.04. The molecule has 0 saturated heterocycles. The largest absolute Gasteiger partial charge is 0.289 e. The quantitative estimate of drug-likeness (QED) is 0.479. The number of halogens is 1. The van der Waals surface area contributed by atoms with Crippen LogP contribution in [-0.4, -0.2) is 32.3 Å². The molecule has 0 bridgehead atoms. The summed E-state index contributed by atoms with van der Waals surface area (Å²) >= 11 is 7.50. The van der Waals surface area contributed by atoms with Crippen LogP contribution >= 0.6 is 23.4 Å². The van der Waals surface area contributed by atoms with Crippen molar-refractivity contribution in [2.45, 2.75) is 25.7 Å². The molecule has 3 aromatic rings. The third kappa shape index (κ3) is 5.36. The number of hydrogen-bond donors (Lipinski definition) is 2. The van der Waals surface area contributed by atoms with Gasteiger partial charge in [-0.05, 0) is 51.1 Å². The highest BCUT2D eigenvalue weighted by Gasteiger charge is 2.16. The fourth-order valence-corrected chi connectivity index (χ4v) is 3.46. The number of pyridine rings is 1. The van der Waals surface area contributed by atoms with E-state index in [0.29, 0.717) is 5.82 Å². The Balaban J connectivity index is 1.61. The van der Waals surface area contributed by atoms with Crippen molar-refractivity contribution in [3.8, 4) is 5.82 Å². The van der Waals surface area contributed by atoms with Gasteiger partial charge in [-0.1, -0.05) is 29.3 Å². The highest BCUT2D eigenvalue weighted by molar-refractivity contribution is 8.00. The molecule has 2 N–H and O–H groups in total. The fraction of sp³-hybridized carbons (Fsp3) is 0.200. The zero-order valence-corrected chi connectivity index (χ0v) is 17.8. The van der Waals surface area contributed by atoms with Crippen molar-refractivity contribution >= 4 is 35.2 Å². The minimum Gasteiger partial charge on any atom is -0.272 e. The third-order valence-corrected chi connectivity index (χ3v) is 5.30. The molecule has 2 aromatic heterocycles. The molecule has 0 aliphatic heterocycles. The predicted octanol–water partition coefficient (Wildman–Crippen LogP) is 3.40. The number of aryl methyl sites for hydroxylation is 3. The molecule has 0 aliphatic carbocycles. The molecule has 2 heterocycles. The van der Waals surface area contributed by atoms with Gasteiger partial charge in [0.25, 0.3) is 5.91 Å². The number of carbonyl (C=O) groups excluding carboxylic acids is 2. The maximum Gasteiger partial charge on any atom is 0.289 e. The van der Waals surface area contributed by atoms with Crippen LogP contribution in [0.15, 0.2) is 47.4 Å². The molecule has 0 spiro atoms. The predicted molar refractivity (Wildman–Crippen MR) is 113 cm³/mol. The van der Waals surface area contributed by atoms with Crippen molar-refractivity contribution in [3.63, 3.8) is 0 Å². The number of hydrogen-bond acceptors (Lipinski definition) is 5. The molecule has 0 fully saturated rings. The number of carbonyl (C=O) groups is 2. The maximum absolute atomic E-state index is 12.4. The van der Waals surface area contributed by atoms with E-state index in [9.17, 15) is 9.59 Å². The van der Waals surface area contributed by atoms with Gasteiger partial charge in [-0.2, -0.15) is 5.10 Å². The zero-order chi connectivity index (χ0) is 21.0. The number of aromatic nitrogens is 3. The van der Waals surface area contributed by atoms with Gasteiger partial charge in [0, 0.05) is 10.6 Å². The molecule has 0 radical (unpaired) electrons. The number of nitrogens with zero attached hydrogens (tertiary/aromatic N) is 3. The standard InChI is InChI=1S/C20H20ClN5O2S/c1-12-4-6-15(7-5-12)29-11-18(27)23-24-20(28)19-16(21)8-9-17(22-19)26-14(3)10-13(2)25-26/h4-10H,11H2,1-3H3,(H,23,27)(H,24,28). The molecule has 2 amide bonds. The summed E-state index contributed by atoms with van der Waals surface area (Å²) in [5, 5.41) is 4.53. The lowest BCUT2D eigenvalue weighted by atomic mass is 10.2. The van der Waals surface area contributed by atoms with Gasteiger partial charge in [-0.15, -0.1) is 11.8 Å². The first kappa shape index (κ1) is 20.9. The SMILES string of the molecule is Cc1ccc(SCC(=O)NNC(=O)c2nc(-n3nc(C)cc3C)ccc2Cl)cc1. The molecule has 1 aromatic carbocycles. The minimum atomic E-state index is -0.605. The molecule has 0 atom stereocenters. The zero-order valence-electron chi connectivity index (χ0n) is 16.2.